The van der Waals surface area contributed by atoms with Gasteiger partial charge in [-0.1, -0.05) is 12.1 Å². The van der Waals surface area contributed by atoms with Gasteiger partial charge in [0.1, 0.15) is 17.2 Å². The van der Waals surface area contributed by atoms with Crippen LogP contribution in [0, 0.1) is 0 Å². The Morgan fingerprint density at radius 1 is 1.09 bits per heavy atom. The fraction of sp³-hybridized carbons (Fsp3) is 0.318. The summed E-state index contributed by atoms with van der Waals surface area (Å²) in [6.07, 6.45) is -0.631. The molecular formula is C22H26N4O6S. The highest BCUT2D eigenvalue weighted by Gasteiger charge is 2.30. The van der Waals surface area contributed by atoms with Crippen LogP contribution in [0.2, 0.25) is 0 Å². The summed E-state index contributed by atoms with van der Waals surface area (Å²) < 4.78 is 37.1. The molecule has 0 saturated carbocycles. The summed E-state index contributed by atoms with van der Waals surface area (Å²) in [4.78, 5) is 28.9. The highest BCUT2D eigenvalue weighted by atomic mass is 32.2. The van der Waals surface area contributed by atoms with E-state index in [9.17, 15) is 18.0 Å². The number of amides is 2. The van der Waals surface area contributed by atoms with Crippen molar-refractivity contribution in [1.29, 1.82) is 0 Å². The van der Waals surface area contributed by atoms with Crippen molar-refractivity contribution in [3.8, 4) is 5.75 Å². The molecule has 11 heteroatoms. The number of carbonyl (C=O) groups is 2. The molecule has 176 valence electrons. The molecule has 3 rings (SSSR count). The normalized spacial score (nSPS) is 15.3. The van der Waals surface area contributed by atoms with Gasteiger partial charge < -0.3 is 14.8 Å². The molecule has 1 aliphatic heterocycles. The van der Waals surface area contributed by atoms with Gasteiger partial charge >= 0.3 is 6.09 Å². The van der Waals surface area contributed by atoms with Gasteiger partial charge in [-0.05, 0) is 51.1 Å². The third kappa shape index (κ3) is 6.22. The fourth-order valence-corrected chi connectivity index (χ4v) is 4.29. The molecule has 0 aromatic heterocycles. The lowest BCUT2D eigenvalue weighted by molar-refractivity contribution is -0.116. The number of ether oxygens (including phenoxy) is 2. The van der Waals surface area contributed by atoms with Crippen molar-refractivity contribution in [3.63, 3.8) is 0 Å². The Kier molecular flexibility index (Phi) is 6.92. The van der Waals surface area contributed by atoms with Crippen LogP contribution in [-0.4, -0.2) is 45.5 Å². The number of hydrogen-bond acceptors (Lipinski definition) is 7. The summed E-state index contributed by atoms with van der Waals surface area (Å²) in [7, 11) is -2.16. The number of nitrogens with zero attached hydrogens (tertiary/aromatic N) is 1. The van der Waals surface area contributed by atoms with E-state index in [1.807, 2.05) is 0 Å². The molecular weight excluding hydrogens is 448 g/mol. The lowest BCUT2D eigenvalue weighted by Crippen LogP contribution is -2.27. The monoisotopic (exact) mass is 474 g/mol. The largest absolute Gasteiger partial charge is 0.495 e. The molecule has 0 fully saturated rings. The van der Waals surface area contributed by atoms with E-state index in [2.05, 4.69) is 20.3 Å². The van der Waals surface area contributed by atoms with E-state index in [1.165, 1.54) is 13.2 Å². The number of aliphatic imine (C=N–C) groups is 1. The Morgan fingerprint density at radius 3 is 2.52 bits per heavy atom. The van der Waals surface area contributed by atoms with Crippen LogP contribution in [-0.2, 0) is 19.6 Å². The number of nitrogens with one attached hydrogen (secondary N) is 3. The van der Waals surface area contributed by atoms with E-state index >= 15 is 0 Å². The first-order valence-electron chi connectivity index (χ1n) is 10.1. The molecule has 10 nitrogen and oxygen atoms in total. The highest BCUT2D eigenvalue weighted by Crippen LogP contribution is 2.28. The number of rotatable bonds is 6. The lowest BCUT2D eigenvalue weighted by Gasteiger charge is -2.20. The van der Waals surface area contributed by atoms with Gasteiger partial charge in [0.05, 0.1) is 24.2 Å². The average Bonchev–Trinajstić information content (AvgIpc) is 2.97. The Balaban J connectivity index is 1.63. The standard InChI is InChI=1S/C22H26N4O6S/c1-22(2,3)32-21(28)25-16-13-14(9-10-17(16)31-4)24-19(27)11-12-23-20-15-7-5-6-8-18(15)33(29,30)26-20/h5-10,13H,11-12H2,1-4H3,(H,23,26)(H,24,27)(H,25,28). The van der Waals surface area contributed by atoms with Gasteiger partial charge in [-0.15, -0.1) is 0 Å². The van der Waals surface area contributed by atoms with E-state index < -0.39 is 21.7 Å². The second kappa shape index (κ2) is 9.49. The van der Waals surface area contributed by atoms with Crippen LogP contribution in [0.1, 0.15) is 32.8 Å². The number of methoxy groups -OCH3 is 1. The molecule has 33 heavy (non-hydrogen) atoms. The predicted molar refractivity (Wildman–Crippen MR) is 124 cm³/mol. The minimum Gasteiger partial charge on any atom is -0.495 e. The average molecular weight is 475 g/mol. The Labute approximate surface area is 192 Å². The number of amidine groups is 1. The summed E-state index contributed by atoms with van der Waals surface area (Å²) >= 11 is 0. The third-order valence-corrected chi connectivity index (χ3v) is 5.79. The molecule has 0 saturated heterocycles. The van der Waals surface area contributed by atoms with Crippen LogP contribution in [0.4, 0.5) is 16.2 Å². The Hall–Kier alpha value is -3.60. The van der Waals surface area contributed by atoms with Gasteiger partial charge in [-0.25, -0.2) is 13.2 Å². The number of anilines is 2. The smallest absolute Gasteiger partial charge is 0.412 e. The first kappa shape index (κ1) is 24.1. The molecule has 2 aromatic carbocycles. The van der Waals surface area contributed by atoms with Crippen molar-refractivity contribution in [1.82, 2.24) is 4.72 Å². The zero-order chi connectivity index (χ0) is 24.2. The third-order valence-electron chi connectivity index (χ3n) is 4.39. The minimum absolute atomic E-state index is 0.0221. The quantitative estimate of drug-likeness (QED) is 0.589. The summed E-state index contributed by atoms with van der Waals surface area (Å²) in [6, 6.07) is 11.3. The second-order valence-electron chi connectivity index (χ2n) is 8.17. The SMILES string of the molecule is COc1ccc(NC(=O)CCN=C2NS(=O)(=O)c3ccccc32)cc1NC(=O)OC(C)(C)C. The number of benzene rings is 2. The number of fused-ring (bicyclic) bond motifs is 1. The number of carbonyl (C=O) groups excluding carboxylic acids is 2. The first-order chi connectivity index (χ1) is 15.5. The second-order valence-corrected chi connectivity index (χ2v) is 9.82. The van der Waals surface area contributed by atoms with Crippen molar-refractivity contribution in [2.24, 2.45) is 4.99 Å². The molecule has 0 radical (unpaired) electrons. The zero-order valence-electron chi connectivity index (χ0n) is 18.8. The Bertz CT molecular complexity index is 1200. The highest BCUT2D eigenvalue weighted by molar-refractivity contribution is 7.90. The van der Waals surface area contributed by atoms with Crippen LogP contribution < -0.4 is 20.1 Å². The van der Waals surface area contributed by atoms with Crippen molar-refractivity contribution >= 4 is 39.2 Å². The number of sulfonamides is 1. The topological polar surface area (TPSA) is 135 Å². The predicted octanol–water partition coefficient (Wildman–Crippen LogP) is 3.11. The zero-order valence-corrected chi connectivity index (χ0v) is 19.6. The maximum Gasteiger partial charge on any atom is 0.412 e. The maximum atomic E-state index is 12.4. The summed E-state index contributed by atoms with van der Waals surface area (Å²) in [5, 5.41) is 5.33. The molecule has 1 aliphatic rings. The lowest BCUT2D eigenvalue weighted by atomic mass is 10.2. The van der Waals surface area contributed by atoms with E-state index in [4.69, 9.17) is 9.47 Å². The van der Waals surface area contributed by atoms with Crippen molar-refractivity contribution in [2.75, 3.05) is 24.3 Å². The van der Waals surface area contributed by atoms with Crippen LogP contribution in [0.15, 0.2) is 52.4 Å². The van der Waals surface area contributed by atoms with E-state index in [-0.39, 0.29) is 29.6 Å². The van der Waals surface area contributed by atoms with Crippen molar-refractivity contribution in [3.05, 3.63) is 48.0 Å². The van der Waals surface area contributed by atoms with Crippen LogP contribution in [0.3, 0.4) is 0 Å². The summed E-state index contributed by atoms with van der Waals surface area (Å²) in [5.74, 6) is 0.283. The van der Waals surface area contributed by atoms with Crippen LogP contribution in [0.5, 0.6) is 5.75 Å². The molecule has 0 unspecified atom stereocenters. The van der Waals surface area contributed by atoms with Gasteiger partial charge in [0.2, 0.25) is 5.91 Å². The molecule has 2 aromatic rings. The van der Waals surface area contributed by atoms with Crippen molar-refractivity contribution in [2.45, 2.75) is 37.7 Å². The van der Waals surface area contributed by atoms with Crippen LogP contribution in [0.25, 0.3) is 0 Å². The van der Waals surface area contributed by atoms with Gasteiger partial charge in [-0.3, -0.25) is 19.8 Å². The summed E-state index contributed by atoms with van der Waals surface area (Å²) in [6.45, 7) is 5.33. The van der Waals surface area contributed by atoms with Gasteiger partial charge in [-0.2, -0.15) is 0 Å². The van der Waals surface area contributed by atoms with E-state index in [0.29, 0.717) is 22.7 Å². The minimum atomic E-state index is -3.62. The molecule has 0 spiro atoms. The first-order valence-corrected chi connectivity index (χ1v) is 11.6. The number of hydrogen-bond donors (Lipinski definition) is 3. The van der Waals surface area contributed by atoms with Crippen molar-refractivity contribution < 1.29 is 27.5 Å². The van der Waals surface area contributed by atoms with Gasteiger partial charge in [0.15, 0.2) is 0 Å². The molecule has 2 amide bonds. The van der Waals surface area contributed by atoms with Crippen LogP contribution >= 0.6 is 0 Å². The molecule has 0 aliphatic carbocycles. The molecule has 0 bridgehead atoms. The van der Waals surface area contributed by atoms with Gasteiger partial charge in [0, 0.05) is 17.7 Å². The molecule has 3 N–H and O–H groups in total. The van der Waals surface area contributed by atoms with Gasteiger partial charge in [0.25, 0.3) is 10.0 Å². The maximum absolute atomic E-state index is 12.4. The fourth-order valence-electron chi connectivity index (χ4n) is 3.04. The van der Waals surface area contributed by atoms with E-state index in [1.54, 1.807) is 57.2 Å². The van der Waals surface area contributed by atoms with E-state index in [0.717, 1.165) is 0 Å². The molecule has 1 heterocycles. The Morgan fingerprint density at radius 2 is 1.82 bits per heavy atom. The summed E-state index contributed by atoms with van der Waals surface area (Å²) in [5.41, 5.74) is 0.581. The molecule has 0 atom stereocenters.